The minimum Gasteiger partial charge on any atom is -0.459 e. The van der Waals surface area contributed by atoms with Gasteiger partial charge in [-0.25, -0.2) is 4.79 Å². The van der Waals surface area contributed by atoms with Gasteiger partial charge in [-0.3, -0.25) is 4.90 Å². The number of ether oxygens (including phenoxy) is 1. The summed E-state index contributed by atoms with van der Waals surface area (Å²) in [6.07, 6.45) is 0.879. The van der Waals surface area contributed by atoms with Crippen LogP contribution in [0.5, 0.6) is 0 Å². The van der Waals surface area contributed by atoms with Crippen LogP contribution in [0.2, 0.25) is 0 Å². The molecule has 3 heteroatoms. The fraction of sp³-hybridized carbons (Fsp3) is 0.296. The van der Waals surface area contributed by atoms with E-state index in [1.54, 1.807) is 0 Å². The Kier molecular flexibility index (Phi) is 6.01. The van der Waals surface area contributed by atoms with Gasteiger partial charge in [0, 0.05) is 13.1 Å². The zero-order chi connectivity index (χ0) is 21.1. The number of hydrogen-bond donors (Lipinski definition) is 0. The normalized spacial score (nSPS) is 16.3. The number of rotatable bonds is 5. The van der Waals surface area contributed by atoms with E-state index in [4.69, 9.17) is 4.74 Å². The van der Waals surface area contributed by atoms with Crippen molar-refractivity contribution in [3.8, 4) is 0 Å². The molecule has 30 heavy (non-hydrogen) atoms. The Morgan fingerprint density at radius 2 is 1.80 bits per heavy atom. The molecule has 3 nitrogen and oxygen atoms in total. The average Bonchev–Trinajstić information content (AvgIpc) is 2.73. The molecule has 1 heterocycles. The lowest BCUT2D eigenvalue weighted by molar-refractivity contribution is 0.0375. The predicted octanol–water partition coefficient (Wildman–Crippen LogP) is 5.71. The van der Waals surface area contributed by atoms with Gasteiger partial charge >= 0.3 is 5.97 Å². The van der Waals surface area contributed by atoms with Crippen LogP contribution in [0.3, 0.4) is 0 Å². The number of carbonyl (C=O) groups is 1. The molecule has 3 aromatic carbocycles. The highest BCUT2D eigenvalue weighted by Crippen LogP contribution is 2.36. The molecule has 0 saturated heterocycles. The van der Waals surface area contributed by atoms with Crippen molar-refractivity contribution in [1.29, 1.82) is 0 Å². The second-order valence-corrected chi connectivity index (χ2v) is 8.35. The van der Waals surface area contributed by atoms with Gasteiger partial charge in [0.25, 0.3) is 0 Å². The summed E-state index contributed by atoms with van der Waals surface area (Å²) in [5.41, 5.74) is 7.00. The topological polar surface area (TPSA) is 29.5 Å². The second kappa shape index (κ2) is 8.85. The van der Waals surface area contributed by atoms with Gasteiger partial charge in [0.05, 0.1) is 17.7 Å². The molecule has 0 saturated carbocycles. The van der Waals surface area contributed by atoms with E-state index in [-0.39, 0.29) is 18.1 Å². The zero-order valence-corrected chi connectivity index (χ0v) is 18.0. The van der Waals surface area contributed by atoms with E-state index in [1.807, 2.05) is 38.1 Å². The SMILES string of the molecule is Cc1cccc(C2c3ccccc3CCN2Cc2ccccc2C(=O)OC(C)C)c1. The van der Waals surface area contributed by atoms with E-state index < -0.39 is 0 Å². The summed E-state index contributed by atoms with van der Waals surface area (Å²) in [5, 5.41) is 0. The molecule has 0 aliphatic carbocycles. The molecule has 0 aromatic heterocycles. The molecule has 154 valence electrons. The molecule has 1 atom stereocenters. The Balaban J connectivity index is 1.71. The molecule has 1 aliphatic heterocycles. The van der Waals surface area contributed by atoms with Crippen molar-refractivity contribution < 1.29 is 9.53 Å². The second-order valence-electron chi connectivity index (χ2n) is 8.35. The van der Waals surface area contributed by atoms with Crippen LogP contribution < -0.4 is 0 Å². The first kappa shape index (κ1) is 20.4. The van der Waals surface area contributed by atoms with Gasteiger partial charge in [0.2, 0.25) is 0 Å². The molecule has 1 unspecified atom stereocenters. The zero-order valence-electron chi connectivity index (χ0n) is 18.0. The van der Waals surface area contributed by atoms with Crippen molar-refractivity contribution in [3.63, 3.8) is 0 Å². The van der Waals surface area contributed by atoms with Crippen LogP contribution in [0.15, 0.2) is 72.8 Å². The highest BCUT2D eigenvalue weighted by molar-refractivity contribution is 5.91. The summed E-state index contributed by atoms with van der Waals surface area (Å²) in [6.45, 7) is 7.56. The molecule has 0 radical (unpaired) electrons. The fourth-order valence-corrected chi connectivity index (χ4v) is 4.37. The Hall–Kier alpha value is -2.91. The quantitative estimate of drug-likeness (QED) is 0.515. The van der Waals surface area contributed by atoms with Crippen molar-refractivity contribution in [2.75, 3.05) is 6.54 Å². The molecular formula is C27H29NO2. The van der Waals surface area contributed by atoms with Gasteiger partial charge in [0.15, 0.2) is 0 Å². The number of aryl methyl sites for hydroxylation is 1. The van der Waals surface area contributed by atoms with Gasteiger partial charge in [-0.1, -0.05) is 72.3 Å². The monoisotopic (exact) mass is 399 g/mol. The first-order valence-electron chi connectivity index (χ1n) is 10.7. The standard InChI is InChI=1S/C27H29NO2/c1-19(2)30-27(29)25-14-7-5-11-23(25)18-28-16-15-21-10-4-6-13-24(21)26(28)22-12-8-9-20(3)17-22/h4-14,17,19,26H,15-16,18H2,1-3H3. The summed E-state index contributed by atoms with van der Waals surface area (Å²) in [4.78, 5) is 15.2. The minimum atomic E-state index is -0.245. The van der Waals surface area contributed by atoms with Crippen molar-refractivity contribution in [2.24, 2.45) is 0 Å². The van der Waals surface area contributed by atoms with E-state index in [2.05, 4.69) is 60.4 Å². The number of hydrogen-bond acceptors (Lipinski definition) is 3. The molecule has 0 bridgehead atoms. The lowest BCUT2D eigenvalue weighted by Gasteiger charge is -2.38. The summed E-state index contributed by atoms with van der Waals surface area (Å²) in [6, 6.07) is 25.5. The van der Waals surface area contributed by atoms with Crippen molar-refractivity contribution in [2.45, 2.75) is 45.9 Å². The first-order valence-corrected chi connectivity index (χ1v) is 10.7. The van der Waals surface area contributed by atoms with Crippen molar-refractivity contribution in [3.05, 3.63) is 106 Å². The summed E-state index contributed by atoms with van der Waals surface area (Å²) in [7, 11) is 0. The summed E-state index contributed by atoms with van der Waals surface area (Å²) in [5.74, 6) is -0.245. The Bertz CT molecular complexity index is 1040. The third-order valence-corrected chi connectivity index (χ3v) is 5.69. The molecule has 0 amide bonds. The van der Waals surface area contributed by atoms with Gasteiger partial charge in [-0.05, 0) is 55.5 Å². The number of nitrogens with zero attached hydrogens (tertiary/aromatic N) is 1. The molecule has 0 N–H and O–H groups in total. The van der Waals surface area contributed by atoms with E-state index in [9.17, 15) is 4.79 Å². The number of fused-ring (bicyclic) bond motifs is 1. The van der Waals surface area contributed by atoms with Gasteiger partial charge < -0.3 is 4.74 Å². The molecule has 0 spiro atoms. The Morgan fingerprint density at radius 1 is 1.03 bits per heavy atom. The van der Waals surface area contributed by atoms with Gasteiger partial charge in [-0.2, -0.15) is 0 Å². The van der Waals surface area contributed by atoms with Crippen molar-refractivity contribution >= 4 is 5.97 Å². The van der Waals surface area contributed by atoms with Crippen LogP contribution >= 0.6 is 0 Å². The maximum Gasteiger partial charge on any atom is 0.338 e. The minimum absolute atomic E-state index is 0.132. The van der Waals surface area contributed by atoms with Crippen LogP contribution in [-0.2, 0) is 17.7 Å². The van der Waals surface area contributed by atoms with E-state index in [1.165, 1.54) is 22.3 Å². The van der Waals surface area contributed by atoms with Crippen LogP contribution in [0.1, 0.15) is 58.1 Å². The van der Waals surface area contributed by atoms with Crippen LogP contribution in [-0.4, -0.2) is 23.5 Å². The maximum absolute atomic E-state index is 12.7. The van der Waals surface area contributed by atoms with Crippen LogP contribution in [0.4, 0.5) is 0 Å². The Morgan fingerprint density at radius 3 is 2.60 bits per heavy atom. The average molecular weight is 400 g/mol. The number of esters is 1. The number of carbonyl (C=O) groups excluding carboxylic acids is 1. The van der Waals surface area contributed by atoms with E-state index in [0.29, 0.717) is 12.1 Å². The molecular weight excluding hydrogens is 370 g/mol. The molecule has 1 aliphatic rings. The molecule has 3 aromatic rings. The third-order valence-electron chi connectivity index (χ3n) is 5.69. The largest absolute Gasteiger partial charge is 0.459 e. The highest BCUT2D eigenvalue weighted by Gasteiger charge is 2.29. The molecule has 4 rings (SSSR count). The fourth-order valence-electron chi connectivity index (χ4n) is 4.37. The summed E-state index contributed by atoms with van der Waals surface area (Å²) >= 11 is 0. The highest BCUT2D eigenvalue weighted by atomic mass is 16.5. The predicted molar refractivity (Wildman–Crippen MR) is 121 cm³/mol. The smallest absolute Gasteiger partial charge is 0.338 e. The number of benzene rings is 3. The van der Waals surface area contributed by atoms with Crippen molar-refractivity contribution in [1.82, 2.24) is 4.90 Å². The first-order chi connectivity index (χ1) is 14.5. The van der Waals surface area contributed by atoms with Gasteiger partial charge in [0.1, 0.15) is 0 Å². The Labute approximate surface area is 179 Å². The molecule has 0 fully saturated rings. The van der Waals surface area contributed by atoms with E-state index >= 15 is 0 Å². The lowest BCUT2D eigenvalue weighted by Crippen LogP contribution is -2.36. The lowest BCUT2D eigenvalue weighted by atomic mass is 9.87. The maximum atomic E-state index is 12.7. The van der Waals surface area contributed by atoms with Gasteiger partial charge in [-0.15, -0.1) is 0 Å². The summed E-state index contributed by atoms with van der Waals surface area (Å²) < 4.78 is 5.49. The van der Waals surface area contributed by atoms with Crippen LogP contribution in [0.25, 0.3) is 0 Å². The van der Waals surface area contributed by atoms with Crippen LogP contribution in [0, 0.1) is 6.92 Å². The van der Waals surface area contributed by atoms with E-state index in [0.717, 1.165) is 18.5 Å². The third kappa shape index (κ3) is 4.31.